The van der Waals surface area contributed by atoms with Gasteiger partial charge in [0.1, 0.15) is 6.33 Å². The third kappa shape index (κ3) is 6.71. The molecule has 0 bridgehead atoms. The molecule has 0 aliphatic carbocycles. The third-order valence-corrected chi connectivity index (χ3v) is 4.91. The molecule has 0 saturated heterocycles. The summed E-state index contributed by atoms with van der Waals surface area (Å²) in [5.41, 5.74) is 1.58. The molecule has 146 valence electrons. The number of aromatic nitrogens is 3. The molecule has 2 rings (SSSR count). The van der Waals surface area contributed by atoms with Crippen LogP contribution in [0.5, 0.6) is 0 Å². The average molecular weight is 390 g/mol. The second-order valence-electron chi connectivity index (χ2n) is 6.49. The van der Waals surface area contributed by atoms with Gasteiger partial charge >= 0.3 is 0 Å². The summed E-state index contributed by atoms with van der Waals surface area (Å²) in [6, 6.07) is 7.53. The Morgan fingerprint density at radius 3 is 2.59 bits per heavy atom. The van der Waals surface area contributed by atoms with Crippen molar-refractivity contribution in [2.75, 3.05) is 12.3 Å². The second-order valence-corrected chi connectivity index (χ2v) is 7.43. The molecule has 0 fully saturated rings. The fraction of sp³-hybridized carbons (Fsp3) is 0.474. The number of amides is 2. The van der Waals surface area contributed by atoms with Gasteiger partial charge in [-0.1, -0.05) is 37.2 Å². The van der Waals surface area contributed by atoms with Gasteiger partial charge in [-0.3, -0.25) is 9.59 Å². The van der Waals surface area contributed by atoms with Crippen LogP contribution in [0.2, 0.25) is 0 Å². The van der Waals surface area contributed by atoms with Crippen LogP contribution in [-0.4, -0.2) is 38.9 Å². The summed E-state index contributed by atoms with van der Waals surface area (Å²) in [4.78, 5) is 24.0. The highest BCUT2D eigenvalue weighted by Crippen LogP contribution is 2.18. The summed E-state index contributed by atoms with van der Waals surface area (Å²) >= 11 is 1.37. The van der Waals surface area contributed by atoms with Crippen molar-refractivity contribution in [3.8, 4) is 0 Å². The second kappa shape index (κ2) is 10.7. The Balaban J connectivity index is 1.76. The standard InChI is InChI=1S/C19H27N5O2S/c1-4-5-10-20-18(26)16-8-6-15(7-9-16)11-21-17(25)12-27-19-23-22-13-24(19)14(2)3/h6-9,13-14H,4-5,10-12H2,1-3H3,(H,20,26)(H,21,25). The number of nitrogens with one attached hydrogen (secondary N) is 2. The third-order valence-electron chi connectivity index (χ3n) is 3.95. The van der Waals surface area contributed by atoms with Crippen molar-refractivity contribution in [1.29, 1.82) is 0 Å². The fourth-order valence-electron chi connectivity index (χ4n) is 2.33. The molecule has 27 heavy (non-hydrogen) atoms. The highest BCUT2D eigenvalue weighted by molar-refractivity contribution is 7.99. The van der Waals surface area contributed by atoms with Crippen LogP contribution in [0.25, 0.3) is 0 Å². The van der Waals surface area contributed by atoms with E-state index in [9.17, 15) is 9.59 Å². The van der Waals surface area contributed by atoms with Gasteiger partial charge < -0.3 is 15.2 Å². The molecular weight excluding hydrogens is 362 g/mol. The van der Waals surface area contributed by atoms with Crippen LogP contribution in [0.1, 0.15) is 55.6 Å². The molecule has 7 nitrogen and oxygen atoms in total. The number of unbranched alkanes of at least 4 members (excludes halogenated alkanes) is 1. The van der Waals surface area contributed by atoms with Crippen LogP contribution in [0.3, 0.4) is 0 Å². The van der Waals surface area contributed by atoms with E-state index in [0.29, 0.717) is 18.7 Å². The highest BCUT2D eigenvalue weighted by atomic mass is 32.2. The lowest BCUT2D eigenvalue weighted by Crippen LogP contribution is -2.25. The lowest BCUT2D eigenvalue weighted by Gasteiger charge is -2.10. The molecule has 0 aliphatic rings. The minimum Gasteiger partial charge on any atom is -0.352 e. The summed E-state index contributed by atoms with van der Waals surface area (Å²) in [6.45, 7) is 7.29. The Hall–Kier alpha value is -2.35. The highest BCUT2D eigenvalue weighted by Gasteiger charge is 2.11. The zero-order chi connectivity index (χ0) is 19.6. The minimum atomic E-state index is -0.0697. The number of carbonyl (C=O) groups excluding carboxylic acids is 2. The summed E-state index contributed by atoms with van der Waals surface area (Å²) in [6.07, 6.45) is 3.69. The van der Waals surface area contributed by atoms with E-state index in [1.807, 2.05) is 30.5 Å². The molecule has 1 aromatic heterocycles. The van der Waals surface area contributed by atoms with E-state index < -0.39 is 0 Å². The van der Waals surface area contributed by atoms with Crippen molar-refractivity contribution in [3.05, 3.63) is 41.7 Å². The number of benzene rings is 1. The van der Waals surface area contributed by atoms with E-state index in [-0.39, 0.29) is 23.6 Å². The minimum absolute atomic E-state index is 0.0651. The number of carbonyl (C=O) groups is 2. The Morgan fingerprint density at radius 1 is 1.19 bits per heavy atom. The van der Waals surface area contributed by atoms with E-state index >= 15 is 0 Å². The van der Waals surface area contributed by atoms with Gasteiger partial charge in [0.05, 0.1) is 5.75 Å². The molecule has 0 saturated carbocycles. The van der Waals surface area contributed by atoms with Gasteiger partial charge in [-0.25, -0.2) is 0 Å². The number of hydrogen-bond acceptors (Lipinski definition) is 5. The molecule has 1 heterocycles. The van der Waals surface area contributed by atoms with Crippen molar-refractivity contribution in [2.24, 2.45) is 0 Å². The molecule has 0 spiro atoms. The van der Waals surface area contributed by atoms with E-state index in [0.717, 1.165) is 23.6 Å². The lowest BCUT2D eigenvalue weighted by atomic mass is 10.1. The summed E-state index contributed by atoms with van der Waals surface area (Å²) in [7, 11) is 0. The van der Waals surface area contributed by atoms with E-state index in [2.05, 4.69) is 27.8 Å². The summed E-state index contributed by atoms with van der Waals surface area (Å²) in [5.74, 6) is 0.146. The van der Waals surface area contributed by atoms with Crippen LogP contribution in [-0.2, 0) is 11.3 Å². The smallest absolute Gasteiger partial charge is 0.251 e. The first-order valence-electron chi connectivity index (χ1n) is 9.17. The van der Waals surface area contributed by atoms with Crippen molar-refractivity contribution >= 4 is 23.6 Å². The van der Waals surface area contributed by atoms with Crippen molar-refractivity contribution in [3.63, 3.8) is 0 Å². The maximum Gasteiger partial charge on any atom is 0.251 e. The molecular formula is C19H27N5O2S. The van der Waals surface area contributed by atoms with E-state index in [1.54, 1.807) is 18.5 Å². The van der Waals surface area contributed by atoms with Gasteiger partial charge in [0.15, 0.2) is 5.16 Å². The average Bonchev–Trinajstić information content (AvgIpc) is 3.14. The molecule has 0 atom stereocenters. The predicted molar refractivity (Wildman–Crippen MR) is 107 cm³/mol. The summed E-state index contributed by atoms with van der Waals surface area (Å²) in [5, 5.41) is 14.4. The molecule has 0 unspecified atom stereocenters. The van der Waals surface area contributed by atoms with Gasteiger partial charge in [0.25, 0.3) is 5.91 Å². The number of thioether (sulfide) groups is 1. The Morgan fingerprint density at radius 2 is 1.93 bits per heavy atom. The van der Waals surface area contributed by atoms with Gasteiger partial charge in [0, 0.05) is 24.7 Å². The molecule has 2 aromatic rings. The van der Waals surface area contributed by atoms with Crippen LogP contribution in [0.4, 0.5) is 0 Å². The van der Waals surface area contributed by atoms with E-state index in [4.69, 9.17) is 0 Å². The molecule has 1 aromatic carbocycles. The normalized spacial score (nSPS) is 10.8. The Bertz CT molecular complexity index is 743. The molecule has 8 heteroatoms. The largest absolute Gasteiger partial charge is 0.352 e. The Labute approximate surface area is 164 Å². The topological polar surface area (TPSA) is 88.9 Å². The van der Waals surface area contributed by atoms with Gasteiger partial charge in [-0.05, 0) is 38.0 Å². The van der Waals surface area contributed by atoms with Crippen LogP contribution >= 0.6 is 11.8 Å². The number of rotatable bonds is 10. The first-order chi connectivity index (χ1) is 13.0. The SMILES string of the molecule is CCCCNC(=O)c1ccc(CNC(=O)CSc2nncn2C(C)C)cc1. The zero-order valence-electron chi connectivity index (χ0n) is 16.1. The van der Waals surface area contributed by atoms with Gasteiger partial charge in [0.2, 0.25) is 5.91 Å². The fourth-order valence-corrected chi connectivity index (χ4v) is 3.20. The number of hydrogen-bond donors (Lipinski definition) is 2. The maximum atomic E-state index is 12.1. The van der Waals surface area contributed by atoms with Crippen LogP contribution in [0.15, 0.2) is 35.7 Å². The Kier molecular flexibility index (Phi) is 8.32. The van der Waals surface area contributed by atoms with Crippen LogP contribution in [0, 0.1) is 0 Å². The molecule has 0 aliphatic heterocycles. The monoisotopic (exact) mass is 389 g/mol. The molecule has 0 radical (unpaired) electrons. The number of nitrogens with zero attached hydrogens (tertiary/aromatic N) is 3. The summed E-state index contributed by atoms with van der Waals surface area (Å²) < 4.78 is 1.93. The quantitative estimate of drug-likeness (QED) is 0.482. The van der Waals surface area contributed by atoms with Crippen molar-refractivity contribution in [1.82, 2.24) is 25.4 Å². The van der Waals surface area contributed by atoms with Gasteiger partial charge in [-0.15, -0.1) is 10.2 Å². The lowest BCUT2D eigenvalue weighted by molar-refractivity contribution is -0.118. The first-order valence-corrected chi connectivity index (χ1v) is 10.2. The molecule has 2 N–H and O–H groups in total. The van der Waals surface area contributed by atoms with Crippen molar-refractivity contribution in [2.45, 2.75) is 51.4 Å². The first kappa shape index (κ1) is 21.0. The maximum absolute atomic E-state index is 12.1. The zero-order valence-corrected chi connectivity index (χ0v) is 16.9. The van der Waals surface area contributed by atoms with E-state index in [1.165, 1.54) is 11.8 Å². The predicted octanol–water partition coefficient (Wildman–Crippen LogP) is 2.80. The molecule has 2 amide bonds. The van der Waals surface area contributed by atoms with Crippen molar-refractivity contribution < 1.29 is 9.59 Å². The van der Waals surface area contributed by atoms with Gasteiger partial charge in [-0.2, -0.15) is 0 Å². The van der Waals surface area contributed by atoms with Crippen LogP contribution < -0.4 is 10.6 Å².